The van der Waals surface area contributed by atoms with E-state index in [-0.39, 0.29) is 41.0 Å². The molecule has 0 bridgehead atoms. The number of pyridine rings is 1. The molecule has 1 saturated carbocycles. The average molecular weight is 540 g/mol. The molecule has 2 fully saturated rings. The van der Waals surface area contributed by atoms with Crippen molar-refractivity contribution in [3.63, 3.8) is 0 Å². The number of nitrogens with zero attached hydrogens (tertiary/aromatic N) is 3. The molecular weight excluding hydrogens is 510 g/mol. The van der Waals surface area contributed by atoms with Crippen LogP contribution < -0.4 is 5.32 Å². The summed E-state index contributed by atoms with van der Waals surface area (Å²) in [6.07, 6.45) is -1.74. The number of alkyl halides is 3. The normalized spacial score (nSPS) is 16.5. The van der Waals surface area contributed by atoms with Crippen LogP contribution in [0.3, 0.4) is 0 Å². The largest absolute Gasteiger partial charge is 0.433 e. The van der Waals surface area contributed by atoms with Gasteiger partial charge in [-0.05, 0) is 78.3 Å². The maximum atomic E-state index is 13.9. The third-order valence-electron chi connectivity index (χ3n) is 7.30. The van der Waals surface area contributed by atoms with Crippen molar-refractivity contribution in [1.29, 1.82) is 5.41 Å². The first-order valence-corrected chi connectivity index (χ1v) is 12.8. The van der Waals surface area contributed by atoms with Crippen LogP contribution in [0.5, 0.6) is 0 Å². The minimum absolute atomic E-state index is 0.123. The van der Waals surface area contributed by atoms with Crippen molar-refractivity contribution in [3.8, 4) is 11.1 Å². The van der Waals surface area contributed by atoms with Gasteiger partial charge in [-0.2, -0.15) is 13.2 Å². The summed E-state index contributed by atoms with van der Waals surface area (Å²) >= 11 is 0. The lowest BCUT2D eigenvalue weighted by Gasteiger charge is -2.22. The third kappa shape index (κ3) is 5.74. The van der Waals surface area contributed by atoms with E-state index in [1.165, 1.54) is 24.3 Å². The fourth-order valence-corrected chi connectivity index (χ4v) is 5.02. The number of amides is 1. The summed E-state index contributed by atoms with van der Waals surface area (Å²) < 4.78 is 55.4. The van der Waals surface area contributed by atoms with E-state index in [0.29, 0.717) is 30.2 Å². The molecule has 10 heteroatoms. The van der Waals surface area contributed by atoms with E-state index < -0.39 is 17.8 Å². The molecule has 1 saturated heterocycles. The average Bonchev–Trinajstić information content (AvgIpc) is 3.70. The zero-order chi connectivity index (χ0) is 27.9. The van der Waals surface area contributed by atoms with Crippen molar-refractivity contribution in [2.24, 2.45) is 5.92 Å². The van der Waals surface area contributed by atoms with Crippen molar-refractivity contribution in [2.75, 3.05) is 20.1 Å². The number of hydrogen-bond acceptors (Lipinski definition) is 3. The van der Waals surface area contributed by atoms with Crippen LogP contribution in [0.1, 0.15) is 51.6 Å². The van der Waals surface area contributed by atoms with E-state index in [4.69, 9.17) is 5.41 Å². The monoisotopic (exact) mass is 539 g/mol. The zero-order valence-electron chi connectivity index (χ0n) is 21.6. The molecule has 0 spiro atoms. The van der Waals surface area contributed by atoms with Crippen LogP contribution in [0.15, 0.2) is 54.7 Å². The first-order valence-electron chi connectivity index (χ1n) is 12.8. The lowest BCUT2D eigenvalue weighted by atomic mass is 9.96. The summed E-state index contributed by atoms with van der Waals surface area (Å²) in [7, 11) is 1.80. The van der Waals surface area contributed by atoms with Gasteiger partial charge in [-0.3, -0.25) is 15.2 Å². The van der Waals surface area contributed by atoms with Gasteiger partial charge in [0.1, 0.15) is 5.82 Å². The number of guanidine groups is 1. The van der Waals surface area contributed by atoms with Crippen LogP contribution in [0.4, 0.5) is 17.6 Å². The second-order valence-electron chi connectivity index (χ2n) is 10.3. The van der Waals surface area contributed by atoms with Gasteiger partial charge in [0.15, 0.2) is 11.7 Å². The molecule has 2 aromatic carbocycles. The molecule has 1 atom stereocenters. The Bertz CT molecular complexity index is 1420. The Morgan fingerprint density at radius 2 is 1.92 bits per heavy atom. The van der Waals surface area contributed by atoms with E-state index >= 15 is 0 Å². The number of benzene rings is 2. The van der Waals surface area contributed by atoms with E-state index in [0.717, 1.165) is 24.6 Å². The lowest BCUT2D eigenvalue weighted by Crippen LogP contribution is -2.31. The van der Waals surface area contributed by atoms with Gasteiger partial charge in [0.05, 0.1) is 6.04 Å². The van der Waals surface area contributed by atoms with Crippen molar-refractivity contribution >= 4 is 11.9 Å². The molecule has 1 aromatic heterocycles. The smallest absolute Gasteiger partial charge is 0.345 e. The van der Waals surface area contributed by atoms with Crippen LogP contribution in [-0.4, -0.2) is 46.8 Å². The van der Waals surface area contributed by atoms with Gasteiger partial charge in [-0.15, -0.1) is 0 Å². The number of likely N-dealkylation sites (N-methyl/N-ethyl adjacent to an activating group) is 1. The lowest BCUT2D eigenvalue weighted by molar-refractivity contribution is -0.140. The van der Waals surface area contributed by atoms with Crippen LogP contribution in [0.2, 0.25) is 0 Å². The fourth-order valence-electron chi connectivity index (χ4n) is 5.02. The molecule has 39 heavy (non-hydrogen) atoms. The first-order chi connectivity index (χ1) is 18.5. The third-order valence-corrected chi connectivity index (χ3v) is 7.30. The SMILES string of the molecule is Cc1cc(C(NC(=O)c2cc(CN3CCN(C)C3=N)cc(-c3cccnc3C(F)(F)F)c2)C2CC2)ccc1F. The van der Waals surface area contributed by atoms with Crippen LogP contribution >= 0.6 is 0 Å². The Kier molecular flexibility index (Phi) is 7.05. The van der Waals surface area contributed by atoms with E-state index in [1.54, 1.807) is 43.1 Å². The van der Waals surface area contributed by atoms with Crippen LogP contribution in [0, 0.1) is 24.1 Å². The Morgan fingerprint density at radius 3 is 2.56 bits per heavy atom. The molecule has 1 unspecified atom stereocenters. The highest BCUT2D eigenvalue weighted by Crippen LogP contribution is 2.42. The van der Waals surface area contributed by atoms with Gasteiger partial charge in [-0.1, -0.05) is 18.2 Å². The predicted octanol–water partition coefficient (Wildman–Crippen LogP) is 5.78. The number of halogens is 4. The van der Waals surface area contributed by atoms with Gasteiger partial charge in [0.25, 0.3) is 5.91 Å². The summed E-state index contributed by atoms with van der Waals surface area (Å²) in [5.41, 5.74) is 1.16. The molecule has 204 valence electrons. The minimum atomic E-state index is -4.67. The fraction of sp³-hybridized carbons (Fsp3) is 0.345. The van der Waals surface area contributed by atoms with Gasteiger partial charge < -0.3 is 15.1 Å². The standard InChI is InChI=1S/C29H29F4N5O/c1-17-12-20(7-8-24(17)30)25(19-5-6-19)36-27(39)22-14-18(16-38-11-10-37(2)28(38)34)13-21(15-22)23-4-3-9-35-26(23)29(31,32)33/h3-4,7-9,12-15,19,25,34H,5-6,10-11,16H2,1-2H3,(H,36,39). The molecule has 2 heterocycles. The minimum Gasteiger partial charge on any atom is -0.345 e. The maximum Gasteiger partial charge on any atom is 0.433 e. The summed E-state index contributed by atoms with van der Waals surface area (Å²) in [5, 5.41) is 11.3. The Balaban J connectivity index is 1.52. The highest BCUT2D eigenvalue weighted by atomic mass is 19.4. The quantitative estimate of drug-likeness (QED) is 0.374. The van der Waals surface area contributed by atoms with E-state index in [9.17, 15) is 22.4 Å². The molecule has 1 amide bonds. The van der Waals surface area contributed by atoms with Gasteiger partial charge in [-0.25, -0.2) is 4.39 Å². The first kappa shape index (κ1) is 26.6. The number of hydrogen-bond donors (Lipinski definition) is 2. The Morgan fingerprint density at radius 1 is 1.15 bits per heavy atom. The van der Waals surface area contributed by atoms with Crippen molar-refractivity contribution in [3.05, 3.63) is 88.5 Å². The van der Waals surface area contributed by atoms with Crippen molar-refractivity contribution < 1.29 is 22.4 Å². The molecule has 6 nitrogen and oxygen atoms in total. The Labute approximate surface area is 224 Å². The van der Waals surface area contributed by atoms with E-state index in [1.807, 2.05) is 4.90 Å². The highest BCUT2D eigenvalue weighted by Gasteiger charge is 2.36. The second-order valence-corrected chi connectivity index (χ2v) is 10.3. The number of nitrogens with one attached hydrogen (secondary N) is 2. The topological polar surface area (TPSA) is 72.3 Å². The van der Waals surface area contributed by atoms with Crippen molar-refractivity contribution in [1.82, 2.24) is 20.1 Å². The molecule has 1 aliphatic heterocycles. The van der Waals surface area contributed by atoms with Crippen molar-refractivity contribution in [2.45, 2.75) is 38.5 Å². The molecule has 2 aliphatic rings. The number of rotatable bonds is 7. The molecule has 0 radical (unpaired) electrons. The summed E-state index contributed by atoms with van der Waals surface area (Å²) in [6, 6.07) is 11.9. The molecular formula is C29H29F4N5O. The number of carbonyl (C=O) groups is 1. The van der Waals surface area contributed by atoms with Gasteiger partial charge >= 0.3 is 6.18 Å². The summed E-state index contributed by atoms with van der Waals surface area (Å²) in [5.74, 6) is -0.239. The van der Waals surface area contributed by atoms with Crippen LogP contribution in [0.25, 0.3) is 11.1 Å². The molecule has 5 rings (SSSR count). The summed E-state index contributed by atoms with van der Waals surface area (Å²) in [6.45, 7) is 3.18. The number of carbonyl (C=O) groups excluding carboxylic acids is 1. The maximum absolute atomic E-state index is 13.9. The Hall–Kier alpha value is -3.95. The number of aromatic nitrogens is 1. The van der Waals surface area contributed by atoms with E-state index in [2.05, 4.69) is 10.3 Å². The number of aryl methyl sites for hydroxylation is 1. The van der Waals surface area contributed by atoms with Gasteiger partial charge in [0, 0.05) is 44.0 Å². The highest BCUT2D eigenvalue weighted by molar-refractivity contribution is 5.96. The zero-order valence-corrected chi connectivity index (χ0v) is 21.6. The molecule has 2 N–H and O–H groups in total. The summed E-state index contributed by atoms with van der Waals surface area (Å²) in [4.78, 5) is 20.8. The molecule has 3 aromatic rings. The predicted molar refractivity (Wildman–Crippen MR) is 140 cm³/mol. The van der Waals surface area contributed by atoms with Crippen LogP contribution in [-0.2, 0) is 12.7 Å². The molecule has 1 aliphatic carbocycles. The second kappa shape index (κ2) is 10.3. The van der Waals surface area contributed by atoms with Gasteiger partial charge in [0.2, 0.25) is 0 Å².